The number of hydrogen-bond donors (Lipinski definition) is 2. The molecule has 9 heteroatoms. The van der Waals surface area contributed by atoms with E-state index >= 15 is 0 Å². The van der Waals surface area contributed by atoms with Crippen molar-refractivity contribution in [2.45, 2.75) is 6.92 Å². The second-order valence-corrected chi connectivity index (χ2v) is 6.42. The summed E-state index contributed by atoms with van der Waals surface area (Å²) in [6, 6.07) is 14.2. The predicted molar refractivity (Wildman–Crippen MR) is 114 cm³/mol. The fourth-order valence-corrected chi connectivity index (χ4v) is 2.92. The van der Waals surface area contributed by atoms with E-state index in [1.807, 2.05) is 24.3 Å². The zero-order valence-electron chi connectivity index (χ0n) is 16.3. The lowest BCUT2D eigenvalue weighted by atomic mass is 10.2. The van der Waals surface area contributed by atoms with E-state index in [-0.39, 0.29) is 11.5 Å². The molecule has 4 aromatic rings. The number of ether oxygens (including phenoxy) is 1. The maximum absolute atomic E-state index is 12.6. The van der Waals surface area contributed by atoms with E-state index in [1.54, 1.807) is 37.6 Å². The Morgan fingerprint density at radius 3 is 2.33 bits per heavy atom. The third-order valence-corrected chi connectivity index (χ3v) is 4.29. The highest BCUT2D eigenvalue weighted by atomic mass is 16.5. The molecule has 150 valence electrons. The Balaban J connectivity index is 1.73. The van der Waals surface area contributed by atoms with Crippen molar-refractivity contribution >= 4 is 34.4 Å². The number of anilines is 3. The van der Waals surface area contributed by atoms with Crippen LogP contribution < -0.4 is 20.9 Å². The molecule has 2 N–H and O–H groups in total. The van der Waals surface area contributed by atoms with E-state index in [9.17, 15) is 9.59 Å². The number of nitrogens with one attached hydrogen (secondary N) is 2. The molecule has 9 nitrogen and oxygen atoms in total. The largest absolute Gasteiger partial charge is 0.497 e. The lowest BCUT2D eigenvalue weighted by Gasteiger charge is -2.11. The first-order valence-electron chi connectivity index (χ1n) is 9.07. The lowest BCUT2D eigenvalue weighted by Crippen LogP contribution is -2.20. The molecule has 30 heavy (non-hydrogen) atoms. The van der Waals surface area contributed by atoms with Gasteiger partial charge in [-0.3, -0.25) is 14.2 Å². The normalized spacial score (nSPS) is 10.6. The molecule has 0 radical (unpaired) electrons. The van der Waals surface area contributed by atoms with Gasteiger partial charge in [-0.15, -0.1) is 0 Å². The highest BCUT2D eigenvalue weighted by molar-refractivity contribution is 5.88. The van der Waals surface area contributed by atoms with Crippen molar-refractivity contribution < 1.29 is 9.53 Å². The Kier molecular flexibility index (Phi) is 5.08. The van der Waals surface area contributed by atoms with Crippen LogP contribution in [-0.2, 0) is 4.79 Å². The Labute approximate surface area is 171 Å². The van der Waals surface area contributed by atoms with Crippen LogP contribution in [0.3, 0.4) is 0 Å². The van der Waals surface area contributed by atoms with Gasteiger partial charge < -0.3 is 15.4 Å². The van der Waals surface area contributed by atoms with Gasteiger partial charge >= 0.3 is 0 Å². The van der Waals surface area contributed by atoms with Crippen LogP contribution in [0.2, 0.25) is 0 Å². The Hall–Kier alpha value is -4.27. The number of carbonyl (C=O) groups excluding carboxylic acids is 1. The van der Waals surface area contributed by atoms with Gasteiger partial charge in [-0.1, -0.05) is 0 Å². The van der Waals surface area contributed by atoms with Crippen molar-refractivity contribution in [2.24, 2.45) is 0 Å². The van der Waals surface area contributed by atoms with Crippen molar-refractivity contribution in [3.05, 3.63) is 71.3 Å². The predicted octanol–water partition coefficient (Wildman–Crippen LogP) is 2.89. The molecule has 0 fully saturated rings. The average molecular weight is 402 g/mol. The van der Waals surface area contributed by atoms with Crippen molar-refractivity contribution in [3.63, 3.8) is 0 Å². The van der Waals surface area contributed by atoms with Crippen molar-refractivity contribution in [2.75, 3.05) is 17.7 Å². The molecule has 0 aliphatic heterocycles. The summed E-state index contributed by atoms with van der Waals surface area (Å²) in [6.45, 7) is 1.43. The number of benzene rings is 2. The summed E-state index contributed by atoms with van der Waals surface area (Å²) >= 11 is 0. The monoisotopic (exact) mass is 402 g/mol. The molecule has 2 heterocycles. The number of rotatable bonds is 5. The van der Waals surface area contributed by atoms with Gasteiger partial charge in [-0.05, 0) is 48.5 Å². The summed E-state index contributed by atoms with van der Waals surface area (Å²) in [5.41, 5.74) is 2.50. The first kappa shape index (κ1) is 19.1. The molecule has 0 aliphatic rings. The molecular weight excluding hydrogens is 384 g/mol. The third-order valence-electron chi connectivity index (χ3n) is 4.29. The molecule has 2 aromatic heterocycles. The van der Waals surface area contributed by atoms with Crippen LogP contribution in [-0.4, -0.2) is 32.5 Å². The van der Waals surface area contributed by atoms with E-state index in [4.69, 9.17) is 4.74 Å². The minimum absolute atomic E-state index is 0.170. The second-order valence-electron chi connectivity index (χ2n) is 6.42. The summed E-state index contributed by atoms with van der Waals surface area (Å²) in [7, 11) is 1.60. The smallest absolute Gasteiger partial charge is 0.275 e. The molecule has 0 saturated heterocycles. The van der Waals surface area contributed by atoms with Gasteiger partial charge in [0.2, 0.25) is 11.9 Å². The molecule has 0 bridgehead atoms. The summed E-state index contributed by atoms with van der Waals surface area (Å²) in [4.78, 5) is 36.7. The van der Waals surface area contributed by atoms with Crippen LogP contribution in [0.5, 0.6) is 5.75 Å². The van der Waals surface area contributed by atoms with E-state index in [2.05, 4.69) is 25.6 Å². The van der Waals surface area contributed by atoms with E-state index in [0.717, 1.165) is 11.4 Å². The van der Waals surface area contributed by atoms with Crippen LogP contribution in [0.25, 0.3) is 16.9 Å². The van der Waals surface area contributed by atoms with Crippen molar-refractivity contribution in [1.82, 2.24) is 19.5 Å². The minimum atomic E-state index is -0.330. The quantitative estimate of drug-likeness (QED) is 0.528. The molecule has 0 unspecified atom stereocenters. The molecule has 4 rings (SSSR count). The van der Waals surface area contributed by atoms with Gasteiger partial charge in [0.05, 0.1) is 25.2 Å². The molecule has 0 aliphatic carbocycles. The maximum Gasteiger partial charge on any atom is 0.275 e. The number of hydrogen-bond acceptors (Lipinski definition) is 7. The van der Waals surface area contributed by atoms with E-state index < -0.39 is 0 Å². The molecule has 2 aromatic carbocycles. The van der Waals surface area contributed by atoms with Gasteiger partial charge in [-0.2, -0.15) is 4.98 Å². The minimum Gasteiger partial charge on any atom is -0.497 e. The standard InChI is InChI=1S/C21H18N6O3/c1-13(28)24-14-3-7-16(8-4-14)27-19(29)12-22-18-11-23-21(26-20(18)27)25-15-5-9-17(30-2)10-6-15/h3-12H,1-2H3,(H,24,28)(H,23,25,26). The summed E-state index contributed by atoms with van der Waals surface area (Å²) in [6.07, 6.45) is 2.78. The number of methoxy groups -OCH3 is 1. The van der Waals surface area contributed by atoms with Crippen LogP contribution in [0, 0.1) is 0 Å². The maximum atomic E-state index is 12.6. The van der Waals surface area contributed by atoms with Gasteiger partial charge in [0, 0.05) is 18.3 Å². The Morgan fingerprint density at radius 2 is 1.67 bits per heavy atom. The first-order valence-corrected chi connectivity index (χ1v) is 9.07. The Bertz CT molecular complexity index is 1270. The van der Waals surface area contributed by atoms with Gasteiger partial charge in [0.25, 0.3) is 5.56 Å². The topological polar surface area (TPSA) is 111 Å². The fraction of sp³-hybridized carbons (Fsp3) is 0.0952. The van der Waals surface area contributed by atoms with Gasteiger partial charge in [-0.25, -0.2) is 9.97 Å². The van der Waals surface area contributed by atoms with Crippen LogP contribution in [0.1, 0.15) is 6.92 Å². The van der Waals surface area contributed by atoms with Crippen LogP contribution >= 0.6 is 0 Å². The number of fused-ring (bicyclic) bond motifs is 1. The zero-order chi connectivity index (χ0) is 21.1. The average Bonchev–Trinajstić information content (AvgIpc) is 2.75. The molecule has 0 atom stereocenters. The highest BCUT2D eigenvalue weighted by Crippen LogP contribution is 2.20. The number of nitrogens with zero attached hydrogens (tertiary/aromatic N) is 4. The summed E-state index contributed by atoms with van der Waals surface area (Å²) in [5.74, 6) is 0.890. The van der Waals surface area contributed by atoms with Gasteiger partial charge in [0.1, 0.15) is 11.3 Å². The number of amides is 1. The number of aromatic nitrogens is 4. The van der Waals surface area contributed by atoms with E-state index in [0.29, 0.717) is 28.5 Å². The number of carbonyl (C=O) groups is 1. The van der Waals surface area contributed by atoms with Crippen LogP contribution in [0.4, 0.5) is 17.3 Å². The van der Waals surface area contributed by atoms with Crippen LogP contribution in [0.15, 0.2) is 65.7 Å². The fourth-order valence-electron chi connectivity index (χ4n) is 2.92. The summed E-state index contributed by atoms with van der Waals surface area (Å²) < 4.78 is 6.60. The zero-order valence-corrected chi connectivity index (χ0v) is 16.3. The van der Waals surface area contributed by atoms with Gasteiger partial charge in [0.15, 0.2) is 5.65 Å². The summed E-state index contributed by atoms with van der Waals surface area (Å²) in [5, 5.41) is 5.80. The highest BCUT2D eigenvalue weighted by Gasteiger charge is 2.11. The molecule has 0 saturated carbocycles. The Morgan fingerprint density at radius 1 is 0.967 bits per heavy atom. The van der Waals surface area contributed by atoms with Crippen molar-refractivity contribution in [3.8, 4) is 11.4 Å². The molecule has 0 spiro atoms. The van der Waals surface area contributed by atoms with E-state index in [1.165, 1.54) is 17.7 Å². The molecular formula is C21H18N6O3. The van der Waals surface area contributed by atoms with Crippen molar-refractivity contribution in [1.29, 1.82) is 0 Å². The SMILES string of the molecule is COc1ccc(Nc2ncc3ncc(=O)n(-c4ccc(NC(C)=O)cc4)c3n2)cc1. The second kappa shape index (κ2) is 8.00. The first-order chi connectivity index (χ1) is 14.5. The third kappa shape index (κ3) is 3.95. The lowest BCUT2D eigenvalue weighted by molar-refractivity contribution is -0.114. The molecule has 1 amide bonds.